The molecule has 1 atom stereocenters. The van der Waals surface area contributed by atoms with E-state index < -0.39 is 6.04 Å². The monoisotopic (exact) mass is 333 g/mol. The second-order valence-corrected chi connectivity index (χ2v) is 6.71. The van der Waals surface area contributed by atoms with Gasteiger partial charge in [0.2, 0.25) is 0 Å². The van der Waals surface area contributed by atoms with Crippen LogP contribution in [0.1, 0.15) is 32.1 Å². The topological polar surface area (TPSA) is 38.3 Å². The van der Waals surface area contributed by atoms with Gasteiger partial charge >= 0.3 is 5.97 Å². The van der Waals surface area contributed by atoms with Crippen LogP contribution in [0.3, 0.4) is 0 Å². The maximum atomic E-state index is 12.0. The molecule has 3 nitrogen and oxygen atoms in total. The number of rotatable bonds is 2. The molecule has 0 bridgehead atoms. The third-order valence-corrected chi connectivity index (χ3v) is 4.83. The lowest BCUT2D eigenvalue weighted by Crippen LogP contribution is -2.26. The molecule has 108 valence electrons. The van der Waals surface area contributed by atoms with E-state index in [1.54, 1.807) is 12.1 Å². The quantitative estimate of drug-likeness (QED) is 0.798. The Morgan fingerprint density at radius 3 is 2.35 bits per heavy atom. The Morgan fingerprint density at radius 2 is 1.75 bits per heavy atom. The van der Waals surface area contributed by atoms with Crippen LogP contribution in [0.2, 0.25) is 15.1 Å². The fraction of sp³-hybridized carbons (Fsp3) is 0.500. The lowest BCUT2D eigenvalue weighted by Gasteiger charge is -2.20. The molecule has 1 aliphatic heterocycles. The van der Waals surface area contributed by atoms with E-state index in [1.807, 2.05) is 0 Å². The summed E-state index contributed by atoms with van der Waals surface area (Å²) in [6.45, 7) is 0. The SMILES string of the molecule is O=C1OC2(CCCC2)CC1Nc1c(Cl)cc(Cl)cc1Cl. The number of hydrogen-bond acceptors (Lipinski definition) is 3. The Balaban J connectivity index is 1.80. The highest BCUT2D eigenvalue weighted by Gasteiger charge is 2.48. The van der Waals surface area contributed by atoms with Gasteiger partial charge in [0, 0.05) is 11.4 Å². The van der Waals surface area contributed by atoms with Gasteiger partial charge in [0.05, 0.1) is 15.7 Å². The van der Waals surface area contributed by atoms with Gasteiger partial charge in [-0.3, -0.25) is 0 Å². The highest BCUT2D eigenvalue weighted by Crippen LogP contribution is 2.43. The molecule has 1 spiro atoms. The van der Waals surface area contributed by atoms with Crippen molar-refractivity contribution in [1.82, 2.24) is 0 Å². The first-order chi connectivity index (χ1) is 9.49. The number of halogens is 3. The maximum Gasteiger partial charge on any atom is 0.329 e. The summed E-state index contributed by atoms with van der Waals surface area (Å²) in [4.78, 5) is 12.0. The molecule has 1 heterocycles. The molecule has 1 saturated heterocycles. The van der Waals surface area contributed by atoms with Crippen LogP contribution >= 0.6 is 34.8 Å². The zero-order chi connectivity index (χ0) is 14.3. The second-order valence-electron chi connectivity index (χ2n) is 5.46. The van der Waals surface area contributed by atoms with E-state index in [-0.39, 0.29) is 11.6 Å². The summed E-state index contributed by atoms with van der Waals surface area (Å²) >= 11 is 18.1. The minimum Gasteiger partial charge on any atom is -0.457 e. The standard InChI is InChI=1S/C14H14Cl3NO2/c15-8-5-9(16)12(10(17)6-8)18-11-7-14(20-13(11)19)3-1-2-4-14/h5-6,11,18H,1-4,7H2. The van der Waals surface area contributed by atoms with Crippen LogP contribution in [0.4, 0.5) is 5.69 Å². The summed E-state index contributed by atoms with van der Waals surface area (Å²) in [7, 11) is 0. The highest BCUT2D eigenvalue weighted by molar-refractivity contribution is 6.41. The van der Waals surface area contributed by atoms with Gasteiger partial charge in [-0.2, -0.15) is 0 Å². The van der Waals surface area contributed by atoms with Gasteiger partial charge < -0.3 is 10.1 Å². The Kier molecular flexibility index (Phi) is 3.78. The molecule has 1 N–H and O–H groups in total. The van der Waals surface area contributed by atoms with Crippen LogP contribution in [-0.2, 0) is 9.53 Å². The third-order valence-electron chi connectivity index (χ3n) is 4.02. The Hall–Kier alpha value is -0.640. The number of anilines is 1. The van der Waals surface area contributed by atoms with Crippen molar-refractivity contribution in [2.45, 2.75) is 43.7 Å². The summed E-state index contributed by atoms with van der Waals surface area (Å²) in [5, 5.41) is 4.38. The number of carbonyl (C=O) groups is 1. The first-order valence-corrected chi connectivity index (χ1v) is 7.76. The van der Waals surface area contributed by atoms with Crippen molar-refractivity contribution >= 4 is 46.5 Å². The van der Waals surface area contributed by atoms with Crippen molar-refractivity contribution in [1.29, 1.82) is 0 Å². The van der Waals surface area contributed by atoms with E-state index in [9.17, 15) is 4.79 Å². The number of hydrogen-bond donors (Lipinski definition) is 1. The van der Waals surface area contributed by atoms with Crippen molar-refractivity contribution in [2.75, 3.05) is 5.32 Å². The molecular formula is C14H14Cl3NO2. The van der Waals surface area contributed by atoms with Crippen molar-refractivity contribution in [3.63, 3.8) is 0 Å². The molecule has 0 amide bonds. The molecule has 1 aromatic rings. The summed E-state index contributed by atoms with van der Waals surface area (Å²) in [5.74, 6) is -0.228. The van der Waals surface area contributed by atoms with Crippen LogP contribution in [0.25, 0.3) is 0 Å². The molecular weight excluding hydrogens is 321 g/mol. The average molecular weight is 335 g/mol. The number of ether oxygens (including phenoxy) is 1. The fourth-order valence-electron chi connectivity index (χ4n) is 3.07. The van der Waals surface area contributed by atoms with Crippen molar-refractivity contribution in [2.24, 2.45) is 0 Å². The Bertz CT molecular complexity index is 532. The lowest BCUT2D eigenvalue weighted by molar-refractivity contribution is -0.148. The van der Waals surface area contributed by atoms with Crippen LogP contribution in [0.15, 0.2) is 12.1 Å². The number of nitrogens with one attached hydrogen (secondary N) is 1. The van der Waals surface area contributed by atoms with Gasteiger partial charge in [0.25, 0.3) is 0 Å². The smallest absolute Gasteiger partial charge is 0.329 e. The van der Waals surface area contributed by atoms with Gasteiger partial charge in [0.1, 0.15) is 11.6 Å². The van der Waals surface area contributed by atoms with Gasteiger partial charge in [-0.05, 0) is 37.8 Å². The van der Waals surface area contributed by atoms with Crippen molar-refractivity contribution < 1.29 is 9.53 Å². The third kappa shape index (κ3) is 2.59. The minimum atomic E-state index is -0.399. The first-order valence-electron chi connectivity index (χ1n) is 6.63. The zero-order valence-corrected chi connectivity index (χ0v) is 13.0. The van der Waals surface area contributed by atoms with E-state index >= 15 is 0 Å². The van der Waals surface area contributed by atoms with E-state index in [0.29, 0.717) is 27.2 Å². The normalized spacial score (nSPS) is 24.1. The average Bonchev–Trinajstić information content (AvgIpc) is 2.92. The molecule has 0 radical (unpaired) electrons. The Morgan fingerprint density at radius 1 is 1.15 bits per heavy atom. The lowest BCUT2D eigenvalue weighted by atomic mass is 9.96. The first kappa shape index (κ1) is 14.3. The number of carbonyl (C=O) groups excluding carboxylic acids is 1. The molecule has 20 heavy (non-hydrogen) atoms. The van der Waals surface area contributed by atoms with Crippen LogP contribution in [-0.4, -0.2) is 17.6 Å². The Labute approximate surface area is 132 Å². The second kappa shape index (κ2) is 5.28. The molecule has 6 heteroatoms. The van der Waals surface area contributed by atoms with Crippen LogP contribution < -0.4 is 5.32 Å². The number of benzene rings is 1. The van der Waals surface area contributed by atoms with E-state index in [0.717, 1.165) is 25.7 Å². The summed E-state index contributed by atoms with van der Waals surface area (Å²) in [6, 6.07) is 2.80. The van der Waals surface area contributed by atoms with Crippen molar-refractivity contribution in [3.8, 4) is 0 Å². The van der Waals surface area contributed by atoms with E-state index in [2.05, 4.69) is 5.32 Å². The van der Waals surface area contributed by atoms with Gasteiger partial charge in [-0.15, -0.1) is 0 Å². The zero-order valence-electron chi connectivity index (χ0n) is 10.7. The van der Waals surface area contributed by atoms with Gasteiger partial charge in [-0.1, -0.05) is 34.8 Å². The largest absolute Gasteiger partial charge is 0.457 e. The summed E-state index contributed by atoms with van der Waals surface area (Å²) in [5.41, 5.74) is 0.259. The summed E-state index contributed by atoms with van der Waals surface area (Å²) in [6.07, 6.45) is 4.78. The maximum absolute atomic E-state index is 12.0. The summed E-state index contributed by atoms with van der Waals surface area (Å²) < 4.78 is 5.58. The molecule has 2 fully saturated rings. The highest BCUT2D eigenvalue weighted by atomic mass is 35.5. The molecule has 3 rings (SSSR count). The van der Waals surface area contributed by atoms with Gasteiger partial charge in [0.15, 0.2) is 0 Å². The van der Waals surface area contributed by atoms with Crippen LogP contribution in [0.5, 0.6) is 0 Å². The van der Waals surface area contributed by atoms with Gasteiger partial charge in [-0.25, -0.2) is 4.79 Å². The fourth-order valence-corrected chi connectivity index (χ4v) is 4.00. The molecule has 2 aliphatic rings. The van der Waals surface area contributed by atoms with Crippen LogP contribution in [0, 0.1) is 0 Å². The predicted octanol–water partition coefficient (Wildman–Crippen LogP) is 4.69. The molecule has 1 aromatic carbocycles. The van der Waals surface area contributed by atoms with E-state index in [4.69, 9.17) is 39.5 Å². The van der Waals surface area contributed by atoms with E-state index in [1.165, 1.54) is 0 Å². The number of esters is 1. The molecule has 1 aliphatic carbocycles. The van der Waals surface area contributed by atoms with Crippen molar-refractivity contribution in [3.05, 3.63) is 27.2 Å². The molecule has 1 unspecified atom stereocenters. The molecule has 0 aromatic heterocycles. The minimum absolute atomic E-state index is 0.228. The predicted molar refractivity (Wildman–Crippen MR) is 80.8 cm³/mol. The molecule has 1 saturated carbocycles.